The minimum atomic E-state index is -3.46. The van der Waals surface area contributed by atoms with E-state index in [1.165, 1.54) is 4.31 Å². The molecule has 0 spiro atoms. The average molecular weight is 464 g/mol. The topological polar surface area (TPSA) is 87.7 Å². The second-order valence-corrected chi connectivity index (χ2v) is 9.46. The van der Waals surface area contributed by atoms with Crippen molar-refractivity contribution >= 4 is 33.0 Å². The Hall–Kier alpha value is -3.61. The maximum Gasteiger partial charge on any atom is 0.233 e. The SMILES string of the molecule is C#CCN(c1ccc(-c2ccnc(Nc3ccc(N4CCOCC4)cc3)n2)cc1)S(C)(=O)=O. The van der Waals surface area contributed by atoms with Crippen LogP contribution < -0.4 is 14.5 Å². The second kappa shape index (κ2) is 9.90. The lowest BCUT2D eigenvalue weighted by molar-refractivity contribution is 0.122. The van der Waals surface area contributed by atoms with E-state index in [-0.39, 0.29) is 6.54 Å². The van der Waals surface area contributed by atoms with E-state index in [2.05, 4.69) is 38.2 Å². The molecule has 0 atom stereocenters. The van der Waals surface area contributed by atoms with Gasteiger partial charge in [0.2, 0.25) is 16.0 Å². The maximum atomic E-state index is 12.0. The molecule has 0 bridgehead atoms. The Morgan fingerprint density at radius 1 is 1.09 bits per heavy atom. The lowest BCUT2D eigenvalue weighted by Crippen LogP contribution is -2.36. The van der Waals surface area contributed by atoms with Crippen molar-refractivity contribution in [3.8, 4) is 23.6 Å². The largest absolute Gasteiger partial charge is 0.378 e. The van der Waals surface area contributed by atoms with Gasteiger partial charge in [0.1, 0.15) is 0 Å². The number of morpholine rings is 1. The molecule has 33 heavy (non-hydrogen) atoms. The van der Waals surface area contributed by atoms with Crippen molar-refractivity contribution in [2.75, 3.05) is 53.6 Å². The van der Waals surface area contributed by atoms with Crippen molar-refractivity contribution < 1.29 is 13.2 Å². The van der Waals surface area contributed by atoms with Crippen molar-refractivity contribution in [3.63, 3.8) is 0 Å². The van der Waals surface area contributed by atoms with Crippen LogP contribution in [0.1, 0.15) is 0 Å². The van der Waals surface area contributed by atoms with Crippen LogP contribution in [0.5, 0.6) is 0 Å². The highest BCUT2D eigenvalue weighted by Gasteiger charge is 2.16. The zero-order valence-electron chi connectivity index (χ0n) is 18.3. The van der Waals surface area contributed by atoms with Crippen LogP contribution in [0, 0.1) is 12.3 Å². The van der Waals surface area contributed by atoms with Crippen molar-refractivity contribution in [1.29, 1.82) is 0 Å². The van der Waals surface area contributed by atoms with Gasteiger partial charge >= 0.3 is 0 Å². The van der Waals surface area contributed by atoms with Crippen LogP contribution in [0.2, 0.25) is 0 Å². The molecule has 1 N–H and O–H groups in total. The van der Waals surface area contributed by atoms with Gasteiger partial charge in [-0.3, -0.25) is 4.31 Å². The molecule has 0 unspecified atom stereocenters. The van der Waals surface area contributed by atoms with E-state index in [4.69, 9.17) is 11.2 Å². The first-order chi connectivity index (χ1) is 15.9. The fourth-order valence-corrected chi connectivity index (χ4v) is 4.38. The first kappa shape index (κ1) is 22.6. The second-order valence-electron chi connectivity index (χ2n) is 7.56. The fraction of sp³-hybridized carbons (Fsp3) is 0.250. The molecule has 8 nitrogen and oxygen atoms in total. The predicted octanol–water partition coefficient (Wildman–Crippen LogP) is 3.12. The van der Waals surface area contributed by atoms with Gasteiger partial charge in [-0.1, -0.05) is 18.1 Å². The van der Waals surface area contributed by atoms with Gasteiger partial charge in [0.25, 0.3) is 0 Å². The summed E-state index contributed by atoms with van der Waals surface area (Å²) in [5.41, 5.74) is 4.10. The summed E-state index contributed by atoms with van der Waals surface area (Å²) in [4.78, 5) is 11.2. The standard InChI is InChI=1S/C24H25N5O3S/c1-3-14-29(33(2,30)31)22-8-4-19(5-9-22)23-12-13-25-24(27-23)26-20-6-10-21(11-7-20)28-15-17-32-18-16-28/h1,4-13H,14-18H2,2H3,(H,25,26,27). The molecule has 0 amide bonds. The Balaban J connectivity index is 1.48. The third-order valence-corrected chi connectivity index (χ3v) is 6.38. The average Bonchev–Trinajstić information content (AvgIpc) is 2.83. The zero-order chi connectivity index (χ0) is 23.3. The molecule has 0 radical (unpaired) electrons. The number of nitrogens with one attached hydrogen (secondary N) is 1. The molecule has 170 valence electrons. The van der Waals surface area contributed by atoms with E-state index in [9.17, 15) is 8.42 Å². The number of ether oxygens (including phenoxy) is 1. The molecule has 1 aromatic heterocycles. The van der Waals surface area contributed by atoms with Gasteiger partial charge in [-0.15, -0.1) is 6.42 Å². The van der Waals surface area contributed by atoms with E-state index < -0.39 is 10.0 Å². The maximum absolute atomic E-state index is 12.0. The minimum Gasteiger partial charge on any atom is -0.378 e. The van der Waals surface area contributed by atoms with Gasteiger partial charge in [0, 0.05) is 36.2 Å². The van der Waals surface area contributed by atoms with E-state index in [0.29, 0.717) is 17.3 Å². The van der Waals surface area contributed by atoms with Crippen molar-refractivity contribution in [2.24, 2.45) is 0 Å². The number of sulfonamides is 1. The van der Waals surface area contributed by atoms with Crippen LogP contribution in [0.15, 0.2) is 60.8 Å². The quantitative estimate of drug-likeness (QED) is 0.539. The molecule has 0 aliphatic carbocycles. The fourth-order valence-electron chi connectivity index (χ4n) is 3.57. The molecule has 1 aliphatic rings. The monoisotopic (exact) mass is 463 g/mol. The molecule has 2 heterocycles. The Bertz CT molecular complexity index is 1230. The van der Waals surface area contributed by atoms with Gasteiger partial charge in [-0.25, -0.2) is 18.4 Å². The van der Waals surface area contributed by atoms with E-state index in [1.54, 1.807) is 24.4 Å². The Morgan fingerprint density at radius 3 is 2.42 bits per heavy atom. The first-order valence-electron chi connectivity index (χ1n) is 10.5. The molecular formula is C24H25N5O3S. The highest BCUT2D eigenvalue weighted by molar-refractivity contribution is 7.92. The smallest absolute Gasteiger partial charge is 0.233 e. The summed E-state index contributed by atoms with van der Waals surface area (Å²) < 4.78 is 30.6. The van der Waals surface area contributed by atoms with Gasteiger partial charge in [-0.05, 0) is 42.5 Å². The van der Waals surface area contributed by atoms with Crippen molar-refractivity contribution in [3.05, 3.63) is 60.8 Å². The third kappa shape index (κ3) is 5.61. The highest BCUT2D eigenvalue weighted by Crippen LogP contribution is 2.25. The molecule has 1 saturated heterocycles. The zero-order valence-corrected chi connectivity index (χ0v) is 19.1. The number of anilines is 4. The molecule has 9 heteroatoms. The van der Waals surface area contributed by atoms with Crippen LogP contribution in [0.4, 0.5) is 23.0 Å². The van der Waals surface area contributed by atoms with Crippen molar-refractivity contribution in [1.82, 2.24) is 9.97 Å². The lowest BCUT2D eigenvalue weighted by atomic mass is 10.1. The molecule has 2 aromatic carbocycles. The Labute approximate surface area is 194 Å². The number of hydrogen-bond donors (Lipinski definition) is 1. The summed E-state index contributed by atoms with van der Waals surface area (Å²) in [5, 5.41) is 3.24. The summed E-state index contributed by atoms with van der Waals surface area (Å²) in [6.07, 6.45) is 8.14. The highest BCUT2D eigenvalue weighted by atomic mass is 32.2. The summed E-state index contributed by atoms with van der Waals surface area (Å²) in [7, 11) is -3.46. The summed E-state index contributed by atoms with van der Waals surface area (Å²) in [6, 6.07) is 17.0. The lowest BCUT2D eigenvalue weighted by Gasteiger charge is -2.28. The van der Waals surface area contributed by atoms with Crippen LogP contribution in [0.25, 0.3) is 11.3 Å². The summed E-state index contributed by atoms with van der Waals surface area (Å²) in [5.74, 6) is 2.85. The van der Waals surface area contributed by atoms with Gasteiger partial charge in [0.15, 0.2) is 0 Å². The van der Waals surface area contributed by atoms with Gasteiger partial charge in [0.05, 0.1) is 37.4 Å². The van der Waals surface area contributed by atoms with E-state index in [1.807, 2.05) is 24.3 Å². The van der Waals surface area contributed by atoms with Crippen LogP contribution in [-0.4, -0.2) is 57.5 Å². The Kier molecular flexibility index (Phi) is 6.77. The molecule has 0 saturated carbocycles. The van der Waals surface area contributed by atoms with Crippen LogP contribution >= 0.6 is 0 Å². The number of benzene rings is 2. The molecular weight excluding hydrogens is 438 g/mol. The van der Waals surface area contributed by atoms with Gasteiger partial charge < -0.3 is 15.0 Å². The number of hydrogen-bond acceptors (Lipinski definition) is 7. The Morgan fingerprint density at radius 2 is 1.79 bits per heavy atom. The number of nitrogens with zero attached hydrogens (tertiary/aromatic N) is 4. The van der Waals surface area contributed by atoms with Crippen LogP contribution in [0.3, 0.4) is 0 Å². The normalized spacial score (nSPS) is 13.9. The molecule has 4 rings (SSSR count). The first-order valence-corrected chi connectivity index (χ1v) is 12.3. The summed E-state index contributed by atoms with van der Waals surface area (Å²) >= 11 is 0. The summed E-state index contributed by atoms with van der Waals surface area (Å²) in [6.45, 7) is 3.25. The van der Waals surface area contributed by atoms with E-state index in [0.717, 1.165) is 49.5 Å². The van der Waals surface area contributed by atoms with Crippen LogP contribution in [-0.2, 0) is 14.8 Å². The third-order valence-electron chi connectivity index (χ3n) is 5.24. The van der Waals surface area contributed by atoms with Crippen molar-refractivity contribution in [2.45, 2.75) is 0 Å². The van der Waals surface area contributed by atoms with E-state index >= 15 is 0 Å². The molecule has 1 aliphatic heterocycles. The molecule has 3 aromatic rings. The number of terminal acetylenes is 1. The predicted molar refractivity (Wildman–Crippen MR) is 131 cm³/mol. The molecule has 1 fully saturated rings. The number of rotatable bonds is 7. The number of aromatic nitrogens is 2. The minimum absolute atomic E-state index is 0.0237. The van der Waals surface area contributed by atoms with Gasteiger partial charge in [-0.2, -0.15) is 0 Å².